The Morgan fingerprint density at radius 1 is 1.50 bits per heavy atom. The van der Waals surface area contributed by atoms with E-state index in [0.717, 1.165) is 0 Å². The quantitative estimate of drug-likeness (QED) is 0.632. The van der Waals surface area contributed by atoms with Gasteiger partial charge < -0.3 is 5.32 Å². The molecule has 1 aromatic heterocycles. The van der Waals surface area contributed by atoms with Crippen LogP contribution in [0.1, 0.15) is 16.2 Å². The topological polar surface area (TPSA) is 114 Å². The lowest BCUT2D eigenvalue weighted by molar-refractivity contribution is -0.384. The number of H-pyrrole nitrogens is 1. The molecule has 0 unspecified atom stereocenters. The van der Waals surface area contributed by atoms with Crippen LogP contribution in [0.15, 0.2) is 29.0 Å². The van der Waals surface area contributed by atoms with Crippen LogP contribution in [0.5, 0.6) is 0 Å². The van der Waals surface area contributed by atoms with E-state index >= 15 is 0 Å². The van der Waals surface area contributed by atoms with E-state index in [0.29, 0.717) is 23.3 Å². The molecule has 104 valence electrons. The van der Waals surface area contributed by atoms with E-state index < -0.39 is 4.92 Å². The van der Waals surface area contributed by atoms with Gasteiger partial charge in [-0.25, -0.2) is 4.98 Å². The molecular weight excluding hydrogens is 330 g/mol. The molecule has 2 N–H and O–H groups in total. The zero-order chi connectivity index (χ0) is 14.5. The molecule has 0 saturated carbocycles. The van der Waals surface area contributed by atoms with Gasteiger partial charge in [-0.3, -0.25) is 20.0 Å². The van der Waals surface area contributed by atoms with E-state index in [2.05, 4.69) is 36.4 Å². The number of hydrogen-bond donors (Lipinski definition) is 2. The molecule has 2 aromatic rings. The van der Waals surface area contributed by atoms with Crippen LogP contribution in [0.4, 0.5) is 5.69 Å². The normalized spacial score (nSPS) is 10.2. The van der Waals surface area contributed by atoms with E-state index in [9.17, 15) is 14.9 Å². The van der Waals surface area contributed by atoms with Crippen molar-refractivity contribution in [2.45, 2.75) is 6.42 Å². The largest absolute Gasteiger partial charge is 0.352 e. The lowest BCUT2D eigenvalue weighted by Crippen LogP contribution is -2.26. The number of aromatic amines is 1. The predicted molar refractivity (Wildman–Crippen MR) is 73.2 cm³/mol. The van der Waals surface area contributed by atoms with Crippen molar-refractivity contribution in [3.8, 4) is 0 Å². The number of nitrogens with one attached hydrogen (secondary N) is 2. The average molecular weight is 340 g/mol. The monoisotopic (exact) mass is 339 g/mol. The Morgan fingerprint density at radius 2 is 2.30 bits per heavy atom. The number of non-ortho nitro benzene ring substituents is 1. The Balaban J connectivity index is 2.01. The van der Waals surface area contributed by atoms with Gasteiger partial charge in [0.2, 0.25) is 0 Å². The molecule has 1 aromatic carbocycles. The maximum Gasteiger partial charge on any atom is 0.270 e. The van der Waals surface area contributed by atoms with Gasteiger partial charge in [0, 0.05) is 29.6 Å². The smallest absolute Gasteiger partial charge is 0.270 e. The number of aromatic nitrogens is 3. The molecule has 8 nitrogen and oxygen atoms in total. The fourth-order valence-electron chi connectivity index (χ4n) is 1.54. The highest BCUT2D eigenvalue weighted by Gasteiger charge is 2.15. The summed E-state index contributed by atoms with van der Waals surface area (Å²) in [7, 11) is 0. The Bertz CT molecular complexity index is 629. The van der Waals surface area contributed by atoms with Gasteiger partial charge in [-0.15, -0.1) is 0 Å². The van der Waals surface area contributed by atoms with E-state index in [1.54, 1.807) is 0 Å². The molecule has 0 aliphatic carbocycles. The minimum Gasteiger partial charge on any atom is -0.352 e. The van der Waals surface area contributed by atoms with Gasteiger partial charge >= 0.3 is 0 Å². The summed E-state index contributed by atoms with van der Waals surface area (Å²) in [5.74, 6) is 0.267. The molecular formula is C11H10BrN5O3. The Labute approximate surface area is 121 Å². The van der Waals surface area contributed by atoms with Gasteiger partial charge in [0.1, 0.15) is 12.2 Å². The molecule has 0 saturated heterocycles. The van der Waals surface area contributed by atoms with Gasteiger partial charge in [-0.1, -0.05) is 0 Å². The van der Waals surface area contributed by atoms with Crippen molar-refractivity contribution in [3.63, 3.8) is 0 Å². The van der Waals surface area contributed by atoms with Crippen molar-refractivity contribution in [1.82, 2.24) is 20.5 Å². The van der Waals surface area contributed by atoms with E-state index in [1.165, 1.54) is 24.5 Å². The average Bonchev–Trinajstić information content (AvgIpc) is 2.92. The first-order chi connectivity index (χ1) is 9.58. The molecule has 20 heavy (non-hydrogen) atoms. The molecule has 0 aliphatic rings. The second-order valence-electron chi connectivity index (χ2n) is 3.86. The zero-order valence-corrected chi connectivity index (χ0v) is 11.8. The third kappa shape index (κ3) is 3.38. The lowest BCUT2D eigenvalue weighted by atomic mass is 10.2. The molecule has 0 bridgehead atoms. The number of nitro groups is 1. The minimum absolute atomic E-state index is 0.131. The van der Waals surface area contributed by atoms with Crippen molar-refractivity contribution in [2.24, 2.45) is 0 Å². The van der Waals surface area contributed by atoms with Crippen LogP contribution in [0.3, 0.4) is 0 Å². The predicted octanol–water partition coefficient (Wildman–Crippen LogP) is 1.45. The lowest BCUT2D eigenvalue weighted by Gasteiger charge is -2.06. The number of carbonyl (C=O) groups excluding carboxylic acids is 1. The van der Waals surface area contributed by atoms with Crippen LogP contribution < -0.4 is 5.32 Å². The van der Waals surface area contributed by atoms with Gasteiger partial charge in [-0.05, 0) is 22.0 Å². The first-order valence-electron chi connectivity index (χ1n) is 5.64. The molecule has 0 atom stereocenters. The molecule has 1 amide bonds. The third-order valence-electron chi connectivity index (χ3n) is 2.52. The van der Waals surface area contributed by atoms with Crippen LogP contribution in [-0.2, 0) is 6.42 Å². The van der Waals surface area contributed by atoms with E-state index in [-0.39, 0.29) is 17.2 Å². The summed E-state index contributed by atoms with van der Waals surface area (Å²) in [6.45, 7) is 0.350. The summed E-state index contributed by atoms with van der Waals surface area (Å²) >= 11 is 3.20. The fourth-order valence-corrected chi connectivity index (χ4v) is 1.97. The van der Waals surface area contributed by atoms with Crippen LogP contribution in [0, 0.1) is 10.1 Å². The van der Waals surface area contributed by atoms with Crippen molar-refractivity contribution in [3.05, 3.63) is 50.5 Å². The molecule has 2 rings (SSSR count). The molecule has 0 fully saturated rings. The number of carbonyl (C=O) groups is 1. The number of rotatable bonds is 5. The van der Waals surface area contributed by atoms with Gasteiger partial charge in [-0.2, -0.15) is 5.10 Å². The number of nitro benzene ring substituents is 1. The van der Waals surface area contributed by atoms with Crippen molar-refractivity contribution >= 4 is 27.5 Å². The minimum atomic E-state index is -0.544. The summed E-state index contributed by atoms with van der Waals surface area (Å²) in [4.78, 5) is 26.0. The highest BCUT2D eigenvalue weighted by atomic mass is 79.9. The highest BCUT2D eigenvalue weighted by Crippen LogP contribution is 2.22. The number of hydrogen-bond acceptors (Lipinski definition) is 5. The van der Waals surface area contributed by atoms with Crippen LogP contribution in [0.25, 0.3) is 0 Å². The summed E-state index contributed by atoms with van der Waals surface area (Å²) in [5, 5.41) is 19.7. The number of amides is 1. The summed E-state index contributed by atoms with van der Waals surface area (Å²) < 4.78 is 0.500. The van der Waals surface area contributed by atoms with Crippen LogP contribution in [-0.4, -0.2) is 32.6 Å². The molecule has 0 aliphatic heterocycles. The third-order valence-corrected chi connectivity index (χ3v) is 3.21. The van der Waals surface area contributed by atoms with Gasteiger partial charge in [0.05, 0.1) is 10.5 Å². The second-order valence-corrected chi connectivity index (χ2v) is 4.71. The standard InChI is InChI=1S/C11H10BrN5O3/c12-9-2-1-7(17(19)20)5-8(9)11(18)13-4-3-10-14-6-15-16-10/h1-2,5-6H,3-4H2,(H,13,18)(H,14,15,16). The van der Waals surface area contributed by atoms with E-state index in [1.807, 2.05) is 0 Å². The van der Waals surface area contributed by atoms with Crippen molar-refractivity contribution in [2.75, 3.05) is 6.54 Å². The summed E-state index contributed by atoms with van der Waals surface area (Å²) in [6, 6.07) is 4.03. The van der Waals surface area contributed by atoms with Crippen molar-refractivity contribution in [1.29, 1.82) is 0 Å². The zero-order valence-electron chi connectivity index (χ0n) is 10.2. The fraction of sp³-hybridized carbons (Fsp3) is 0.182. The number of benzene rings is 1. The number of nitrogens with zero attached hydrogens (tertiary/aromatic N) is 3. The Hall–Kier alpha value is -2.29. The summed E-state index contributed by atoms with van der Waals surface area (Å²) in [6.07, 6.45) is 1.88. The molecule has 0 spiro atoms. The first kappa shape index (κ1) is 14.1. The van der Waals surface area contributed by atoms with Crippen LogP contribution in [0.2, 0.25) is 0 Å². The van der Waals surface area contributed by atoms with Gasteiger partial charge in [0.25, 0.3) is 11.6 Å². The highest BCUT2D eigenvalue weighted by molar-refractivity contribution is 9.10. The Kier molecular flexibility index (Phi) is 4.41. The maximum atomic E-state index is 12.0. The molecule has 0 radical (unpaired) electrons. The Morgan fingerprint density at radius 3 is 2.95 bits per heavy atom. The SMILES string of the molecule is O=C(NCCc1ncn[nH]1)c1cc([N+](=O)[O-])ccc1Br. The molecule has 9 heteroatoms. The van der Waals surface area contributed by atoms with E-state index in [4.69, 9.17) is 0 Å². The van der Waals surface area contributed by atoms with Gasteiger partial charge in [0.15, 0.2) is 0 Å². The maximum absolute atomic E-state index is 12.0. The second kappa shape index (κ2) is 6.24. The van der Waals surface area contributed by atoms with Crippen LogP contribution >= 0.6 is 15.9 Å². The number of halogens is 1. The summed E-state index contributed by atoms with van der Waals surface area (Å²) in [5.41, 5.74) is 0.0883. The molecule has 1 heterocycles. The first-order valence-corrected chi connectivity index (χ1v) is 6.43. The van der Waals surface area contributed by atoms with Crippen molar-refractivity contribution < 1.29 is 9.72 Å².